The summed E-state index contributed by atoms with van der Waals surface area (Å²) in [6, 6.07) is 7.35. The van der Waals surface area contributed by atoms with E-state index in [4.69, 9.17) is 18.6 Å². The van der Waals surface area contributed by atoms with Crippen LogP contribution in [0.5, 0.6) is 11.7 Å². The first kappa shape index (κ1) is 14.0. The molecular formula is C15H16O5. The first-order chi connectivity index (χ1) is 9.62. The lowest BCUT2D eigenvalue weighted by atomic mass is 10.1. The Kier molecular flexibility index (Phi) is 3.98. The van der Waals surface area contributed by atoms with Crippen LogP contribution in [0.1, 0.15) is 15.9 Å². The van der Waals surface area contributed by atoms with Gasteiger partial charge in [-0.05, 0) is 31.2 Å². The lowest BCUT2D eigenvalue weighted by molar-refractivity contribution is 0.0594. The van der Waals surface area contributed by atoms with Crippen LogP contribution in [0.3, 0.4) is 0 Å². The number of benzene rings is 1. The van der Waals surface area contributed by atoms with E-state index in [-0.39, 0.29) is 5.95 Å². The van der Waals surface area contributed by atoms with Gasteiger partial charge in [0.05, 0.1) is 21.3 Å². The third kappa shape index (κ3) is 2.34. The van der Waals surface area contributed by atoms with Crippen molar-refractivity contribution >= 4 is 5.97 Å². The summed E-state index contributed by atoms with van der Waals surface area (Å²) in [6.45, 7) is 1.79. The van der Waals surface area contributed by atoms with Crippen LogP contribution in [0.15, 0.2) is 28.7 Å². The lowest BCUT2D eigenvalue weighted by Crippen LogP contribution is -2.03. The number of esters is 1. The van der Waals surface area contributed by atoms with Crippen molar-refractivity contribution in [2.24, 2.45) is 0 Å². The van der Waals surface area contributed by atoms with E-state index in [2.05, 4.69) is 0 Å². The normalized spacial score (nSPS) is 10.2. The Labute approximate surface area is 117 Å². The van der Waals surface area contributed by atoms with Crippen LogP contribution in [0.25, 0.3) is 11.3 Å². The minimum absolute atomic E-state index is 0.153. The van der Waals surface area contributed by atoms with E-state index in [0.29, 0.717) is 16.9 Å². The Balaban J connectivity index is 2.51. The van der Waals surface area contributed by atoms with Gasteiger partial charge in [0.2, 0.25) is 0 Å². The van der Waals surface area contributed by atoms with Gasteiger partial charge in [0.1, 0.15) is 17.1 Å². The molecule has 0 unspecified atom stereocenters. The van der Waals surface area contributed by atoms with Crippen molar-refractivity contribution in [1.82, 2.24) is 0 Å². The molecule has 2 rings (SSSR count). The average molecular weight is 276 g/mol. The van der Waals surface area contributed by atoms with Crippen molar-refractivity contribution in [1.29, 1.82) is 0 Å². The first-order valence-corrected chi connectivity index (χ1v) is 6.02. The second-order valence-corrected chi connectivity index (χ2v) is 4.14. The van der Waals surface area contributed by atoms with Gasteiger partial charge in [-0.2, -0.15) is 0 Å². The molecule has 20 heavy (non-hydrogen) atoms. The number of hydrogen-bond donors (Lipinski definition) is 0. The number of furan rings is 1. The van der Waals surface area contributed by atoms with Gasteiger partial charge in [-0.3, -0.25) is 0 Å². The van der Waals surface area contributed by atoms with Crippen molar-refractivity contribution < 1.29 is 23.4 Å². The summed E-state index contributed by atoms with van der Waals surface area (Å²) < 4.78 is 20.6. The summed E-state index contributed by atoms with van der Waals surface area (Å²) in [4.78, 5) is 11.8. The van der Waals surface area contributed by atoms with Gasteiger partial charge < -0.3 is 18.6 Å². The second-order valence-electron chi connectivity index (χ2n) is 4.14. The summed E-state index contributed by atoms with van der Waals surface area (Å²) in [5, 5.41) is 0. The molecule has 5 heteroatoms. The molecule has 0 aliphatic carbocycles. The Morgan fingerprint density at radius 1 is 1.05 bits per heavy atom. The van der Waals surface area contributed by atoms with E-state index in [0.717, 1.165) is 11.3 Å². The average Bonchev–Trinajstić information content (AvgIpc) is 2.83. The zero-order valence-corrected chi connectivity index (χ0v) is 11.9. The number of ether oxygens (including phenoxy) is 3. The van der Waals surface area contributed by atoms with E-state index in [1.165, 1.54) is 14.2 Å². The highest BCUT2D eigenvalue weighted by Crippen LogP contribution is 2.36. The highest BCUT2D eigenvalue weighted by Gasteiger charge is 2.25. The molecule has 5 nitrogen and oxygen atoms in total. The van der Waals surface area contributed by atoms with E-state index in [1.54, 1.807) is 14.0 Å². The first-order valence-electron chi connectivity index (χ1n) is 6.02. The molecule has 0 N–H and O–H groups in total. The summed E-state index contributed by atoms with van der Waals surface area (Å²) in [5.41, 5.74) is 1.82. The molecule has 1 heterocycles. The Bertz CT molecular complexity index is 610. The number of carbonyl (C=O) groups excluding carboxylic acids is 1. The topological polar surface area (TPSA) is 57.9 Å². The zero-order chi connectivity index (χ0) is 14.7. The minimum Gasteiger partial charge on any atom is -0.497 e. The quantitative estimate of drug-likeness (QED) is 0.803. The maximum atomic E-state index is 11.8. The molecule has 0 radical (unpaired) electrons. The number of methoxy groups -OCH3 is 3. The van der Waals surface area contributed by atoms with Crippen LogP contribution in [0, 0.1) is 6.92 Å². The molecule has 0 amide bonds. The fraction of sp³-hybridized carbons (Fsp3) is 0.267. The molecule has 1 aromatic carbocycles. The van der Waals surface area contributed by atoms with Crippen LogP contribution in [0.2, 0.25) is 0 Å². The highest BCUT2D eigenvalue weighted by atomic mass is 16.6. The summed E-state index contributed by atoms with van der Waals surface area (Å²) >= 11 is 0. The van der Waals surface area contributed by atoms with Gasteiger partial charge in [0.25, 0.3) is 5.95 Å². The minimum atomic E-state index is -0.483. The van der Waals surface area contributed by atoms with Gasteiger partial charge >= 0.3 is 5.97 Å². The van der Waals surface area contributed by atoms with Crippen LogP contribution in [-0.4, -0.2) is 27.3 Å². The van der Waals surface area contributed by atoms with Crippen LogP contribution in [-0.2, 0) is 4.74 Å². The maximum Gasteiger partial charge on any atom is 0.345 e. The van der Waals surface area contributed by atoms with Gasteiger partial charge in [0.15, 0.2) is 0 Å². The number of carbonyl (C=O) groups is 1. The van der Waals surface area contributed by atoms with Gasteiger partial charge in [-0.1, -0.05) is 0 Å². The predicted molar refractivity (Wildman–Crippen MR) is 73.3 cm³/mol. The SMILES string of the molecule is COC(=O)c1c(OC)oc(-c2ccc(OC)cc2)c1C. The predicted octanol–water partition coefficient (Wildman–Crippen LogP) is 3.06. The molecule has 0 fully saturated rings. The van der Waals surface area contributed by atoms with Crippen LogP contribution in [0.4, 0.5) is 0 Å². The fourth-order valence-electron chi connectivity index (χ4n) is 1.99. The van der Waals surface area contributed by atoms with Crippen LogP contribution < -0.4 is 9.47 Å². The van der Waals surface area contributed by atoms with Crippen LogP contribution >= 0.6 is 0 Å². The molecule has 0 aliphatic heterocycles. The highest BCUT2D eigenvalue weighted by molar-refractivity contribution is 5.95. The summed E-state index contributed by atoms with van der Waals surface area (Å²) in [6.07, 6.45) is 0. The molecule has 1 aromatic heterocycles. The number of rotatable bonds is 4. The molecule has 2 aromatic rings. The van der Waals surface area contributed by atoms with Gasteiger partial charge in [0, 0.05) is 11.1 Å². The smallest absolute Gasteiger partial charge is 0.345 e. The van der Waals surface area contributed by atoms with Crippen molar-refractivity contribution in [2.75, 3.05) is 21.3 Å². The molecule has 0 saturated heterocycles. The molecular weight excluding hydrogens is 260 g/mol. The number of hydrogen-bond acceptors (Lipinski definition) is 5. The standard InChI is InChI=1S/C15H16O5/c1-9-12(14(16)18-3)15(19-4)20-13(9)10-5-7-11(17-2)8-6-10/h5-8H,1-4H3. The summed E-state index contributed by atoms with van der Waals surface area (Å²) in [7, 11) is 4.37. The molecule has 0 spiro atoms. The zero-order valence-electron chi connectivity index (χ0n) is 11.9. The summed E-state index contributed by atoms with van der Waals surface area (Å²) in [5.74, 6) is 0.992. The maximum absolute atomic E-state index is 11.8. The monoisotopic (exact) mass is 276 g/mol. The molecule has 0 aliphatic rings. The largest absolute Gasteiger partial charge is 0.497 e. The van der Waals surface area contributed by atoms with Crippen molar-refractivity contribution in [3.8, 4) is 23.0 Å². The van der Waals surface area contributed by atoms with E-state index < -0.39 is 5.97 Å². The Morgan fingerprint density at radius 2 is 1.70 bits per heavy atom. The molecule has 106 valence electrons. The van der Waals surface area contributed by atoms with Crippen molar-refractivity contribution in [3.63, 3.8) is 0 Å². The van der Waals surface area contributed by atoms with E-state index in [1.807, 2.05) is 24.3 Å². The molecule has 0 saturated carbocycles. The van der Waals surface area contributed by atoms with Gasteiger partial charge in [-0.25, -0.2) is 4.79 Å². The third-order valence-corrected chi connectivity index (χ3v) is 3.04. The van der Waals surface area contributed by atoms with Crippen molar-refractivity contribution in [2.45, 2.75) is 6.92 Å². The fourth-order valence-corrected chi connectivity index (χ4v) is 1.99. The Hall–Kier alpha value is -2.43. The van der Waals surface area contributed by atoms with E-state index >= 15 is 0 Å². The molecule has 0 bridgehead atoms. The molecule has 0 atom stereocenters. The second kappa shape index (κ2) is 5.69. The third-order valence-electron chi connectivity index (χ3n) is 3.04. The van der Waals surface area contributed by atoms with Gasteiger partial charge in [-0.15, -0.1) is 0 Å². The Morgan fingerprint density at radius 3 is 2.20 bits per heavy atom. The van der Waals surface area contributed by atoms with E-state index in [9.17, 15) is 4.79 Å². The lowest BCUT2D eigenvalue weighted by Gasteiger charge is -2.02. The van der Waals surface area contributed by atoms with Crippen molar-refractivity contribution in [3.05, 3.63) is 35.4 Å².